The normalized spacial score (nSPS) is 10.3. The van der Waals surface area contributed by atoms with Crippen LogP contribution in [0.2, 0.25) is 0 Å². The van der Waals surface area contributed by atoms with Gasteiger partial charge in [-0.25, -0.2) is 0 Å². The van der Waals surface area contributed by atoms with Gasteiger partial charge < -0.3 is 19.9 Å². The fourth-order valence-corrected chi connectivity index (χ4v) is 2.57. The van der Waals surface area contributed by atoms with Crippen molar-refractivity contribution in [1.29, 1.82) is 0 Å². The largest absolute Gasteiger partial charge is 0.493 e. The maximum absolute atomic E-state index is 11.5. The van der Waals surface area contributed by atoms with Crippen molar-refractivity contribution in [3.63, 3.8) is 0 Å². The molecule has 2 rings (SSSR count). The van der Waals surface area contributed by atoms with E-state index in [2.05, 4.69) is 17.4 Å². The number of aliphatic carboxylic acids is 1. The summed E-state index contributed by atoms with van der Waals surface area (Å²) >= 11 is 0. The van der Waals surface area contributed by atoms with Gasteiger partial charge in [0.15, 0.2) is 11.5 Å². The zero-order valence-corrected chi connectivity index (χ0v) is 15.4. The second-order valence-electron chi connectivity index (χ2n) is 6.06. The maximum atomic E-state index is 11.5. The van der Waals surface area contributed by atoms with Crippen LogP contribution in [0.5, 0.6) is 11.5 Å². The van der Waals surface area contributed by atoms with Crippen molar-refractivity contribution < 1.29 is 24.2 Å². The highest BCUT2D eigenvalue weighted by Crippen LogP contribution is 2.28. The van der Waals surface area contributed by atoms with Crippen molar-refractivity contribution in [1.82, 2.24) is 5.32 Å². The summed E-state index contributed by atoms with van der Waals surface area (Å²) in [5.41, 5.74) is 2.22. The van der Waals surface area contributed by atoms with Crippen molar-refractivity contribution >= 4 is 11.9 Å². The van der Waals surface area contributed by atoms with E-state index in [1.807, 2.05) is 36.4 Å². The van der Waals surface area contributed by atoms with Gasteiger partial charge in [0.2, 0.25) is 5.91 Å². The van der Waals surface area contributed by atoms with Crippen molar-refractivity contribution in [3.05, 3.63) is 59.7 Å². The van der Waals surface area contributed by atoms with E-state index in [0.29, 0.717) is 31.1 Å². The highest BCUT2D eigenvalue weighted by atomic mass is 16.5. The highest BCUT2D eigenvalue weighted by molar-refractivity contribution is 5.80. The summed E-state index contributed by atoms with van der Waals surface area (Å²) in [6.45, 7) is 0.995. The summed E-state index contributed by atoms with van der Waals surface area (Å²) in [7, 11) is 1.59. The molecule has 0 saturated carbocycles. The second-order valence-corrected chi connectivity index (χ2v) is 6.06. The minimum atomic E-state index is -0.974. The first-order valence-corrected chi connectivity index (χ1v) is 8.90. The third kappa shape index (κ3) is 7.40. The first kappa shape index (κ1) is 20.3. The van der Waals surface area contributed by atoms with Crippen LogP contribution in [-0.4, -0.2) is 37.2 Å². The maximum Gasteiger partial charge on any atom is 0.303 e. The molecule has 144 valence electrons. The van der Waals surface area contributed by atoms with Crippen LogP contribution in [0.25, 0.3) is 0 Å². The summed E-state index contributed by atoms with van der Waals surface area (Å²) in [4.78, 5) is 22.0. The van der Waals surface area contributed by atoms with Crippen LogP contribution in [0.15, 0.2) is 48.5 Å². The number of benzene rings is 2. The number of methoxy groups -OCH3 is 1. The van der Waals surface area contributed by atoms with Gasteiger partial charge in [-0.3, -0.25) is 9.59 Å². The SMILES string of the molecule is COc1cc(CCNC(=O)CCC(=O)O)ccc1OCCc1ccccc1. The second kappa shape index (κ2) is 10.9. The van der Waals surface area contributed by atoms with E-state index >= 15 is 0 Å². The Morgan fingerprint density at radius 1 is 0.963 bits per heavy atom. The lowest BCUT2D eigenvalue weighted by Gasteiger charge is -2.12. The number of rotatable bonds is 11. The summed E-state index contributed by atoms with van der Waals surface area (Å²) in [5.74, 6) is 0.100. The van der Waals surface area contributed by atoms with E-state index in [1.165, 1.54) is 5.56 Å². The molecule has 0 aliphatic rings. The molecule has 2 N–H and O–H groups in total. The van der Waals surface area contributed by atoms with Crippen LogP contribution in [0.4, 0.5) is 0 Å². The zero-order chi connectivity index (χ0) is 19.5. The smallest absolute Gasteiger partial charge is 0.303 e. The van der Waals surface area contributed by atoms with Gasteiger partial charge in [0.1, 0.15) is 0 Å². The van der Waals surface area contributed by atoms with Crippen LogP contribution >= 0.6 is 0 Å². The predicted molar refractivity (Wildman–Crippen MR) is 102 cm³/mol. The molecule has 0 unspecified atom stereocenters. The molecule has 0 saturated heterocycles. The van der Waals surface area contributed by atoms with Crippen LogP contribution in [0.1, 0.15) is 24.0 Å². The molecule has 1 amide bonds. The number of carboxylic acid groups (broad SMARTS) is 1. The van der Waals surface area contributed by atoms with E-state index in [4.69, 9.17) is 14.6 Å². The summed E-state index contributed by atoms with van der Waals surface area (Å²) in [6.07, 6.45) is 1.27. The molecule has 2 aromatic rings. The van der Waals surface area contributed by atoms with Gasteiger partial charge in [-0.1, -0.05) is 36.4 Å². The van der Waals surface area contributed by atoms with E-state index in [1.54, 1.807) is 7.11 Å². The molecular weight excluding hydrogens is 346 g/mol. The fourth-order valence-electron chi connectivity index (χ4n) is 2.57. The lowest BCUT2D eigenvalue weighted by molar-refractivity contribution is -0.138. The Balaban J connectivity index is 1.80. The number of carboxylic acids is 1. The Bertz CT molecular complexity index is 745. The van der Waals surface area contributed by atoms with Gasteiger partial charge in [-0.05, 0) is 29.7 Å². The van der Waals surface area contributed by atoms with Gasteiger partial charge in [-0.2, -0.15) is 0 Å². The Kier molecular flexibility index (Phi) is 8.16. The van der Waals surface area contributed by atoms with Crippen LogP contribution < -0.4 is 14.8 Å². The molecule has 27 heavy (non-hydrogen) atoms. The lowest BCUT2D eigenvalue weighted by Crippen LogP contribution is -2.26. The number of hydrogen-bond acceptors (Lipinski definition) is 4. The molecule has 0 radical (unpaired) electrons. The standard InChI is InChI=1S/C21H25NO5/c1-26-19-15-17(11-13-22-20(23)9-10-21(24)25)7-8-18(19)27-14-12-16-5-3-2-4-6-16/h2-8,15H,9-14H2,1H3,(H,22,23)(H,24,25). The van der Waals surface area contributed by atoms with Crippen LogP contribution in [0, 0.1) is 0 Å². The molecule has 0 bridgehead atoms. The molecule has 0 fully saturated rings. The zero-order valence-electron chi connectivity index (χ0n) is 15.4. The number of carbonyl (C=O) groups is 2. The summed E-state index contributed by atoms with van der Waals surface area (Å²) in [6, 6.07) is 15.8. The molecule has 6 heteroatoms. The van der Waals surface area contributed by atoms with Crippen molar-refractivity contribution in [2.24, 2.45) is 0 Å². The fraction of sp³-hybridized carbons (Fsp3) is 0.333. The monoisotopic (exact) mass is 371 g/mol. The number of nitrogens with one attached hydrogen (secondary N) is 1. The topological polar surface area (TPSA) is 84.9 Å². The molecule has 0 spiro atoms. The molecule has 0 aliphatic carbocycles. The quantitative estimate of drug-likeness (QED) is 0.634. The van der Waals surface area contributed by atoms with E-state index < -0.39 is 5.97 Å². The van der Waals surface area contributed by atoms with E-state index in [-0.39, 0.29) is 18.7 Å². The highest BCUT2D eigenvalue weighted by Gasteiger charge is 2.08. The lowest BCUT2D eigenvalue weighted by atomic mass is 10.1. The van der Waals surface area contributed by atoms with E-state index in [0.717, 1.165) is 12.0 Å². The first-order valence-electron chi connectivity index (χ1n) is 8.90. The van der Waals surface area contributed by atoms with Gasteiger partial charge in [0.05, 0.1) is 20.1 Å². The van der Waals surface area contributed by atoms with E-state index in [9.17, 15) is 9.59 Å². The number of ether oxygens (including phenoxy) is 2. The van der Waals surface area contributed by atoms with Gasteiger partial charge in [0, 0.05) is 19.4 Å². The van der Waals surface area contributed by atoms with Gasteiger partial charge >= 0.3 is 5.97 Å². The van der Waals surface area contributed by atoms with Crippen molar-refractivity contribution in [2.75, 3.05) is 20.3 Å². The summed E-state index contributed by atoms with van der Waals surface area (Å²) < 4.78 is 11.2. The Hall–Kier alpha value is -3.02. The Morgan fingerprint density at radius 3 is 2.44 bits per heavy atom. The van der Waals surface area contributed by atoms with Gasteiger partial charge in [-0.15, -0.1) is 0 Å². The number of hydrogen-bond donors (Lipinski definition) is 2. The van der Waals surface area contributed by atoms with Gasteiger partial charge in [0.25, 0.3) is 0 Å². The van der Waals surface area contributed by atoms with Crippen molar-refractivity contribution in [3.8, 4) is 11.5 Å². The molecule has 0 atom stereocenters. The Labute approximate surface area is 159 Å². The molecule has 0 aliphatic heterocycles. The Morgan fingerprint density at radius 2 is 1.74 bits per heavy atom. The van der Waals surface area contributed by atoms with Crippen LogP contribution in [-0.2, 0) is 22.4 Å². The van der Waals surface area contributed by atoms with Crippen LogP contribution in [0.3, 0.4) is 0 Å². The number of amides is 1. The molecule has 6 nitrogen and oxygen atoms in total. The third-order valence-electron chi connectivity index (χ3n) is 4.02. The third-order valence-corrected chi connectivity index (χ3v) is 4.02. The average molecular weight is 371 g/mol. The average Bonchev–Trinajstić information content (AvgIpc) is 2.68. The molecule has 0 heterocycles. The minimum Gasteiger partial charge on any atom is -0.493 e. The first-order chi connectivity index (χ1) is 13.1. The molecular formula is C21H25NO5. The number of carbonyl (C=O) groups excluding carboxylic acids is 1. The summed E-state index contributed by atoms with van der Waals surface area (Å²) in [5, 5.41) is 11.3. The molecule has 2 aromatic carbocycles. The van der Waals surface area contributed by atoms with Crippen molar-refractivity contribution in [2.45, 2.75) is 25.7 Å². The predicted octanol–water partition coefficient (Wildman–Crippen LogP) is 2.84. The minimum absolute atomic E-state index is 0.00710. The molecule has 0 aromatic heterocycles.